The van der Waals surface area contributed by atoms with E-state index in [4.69, 9.17) is 0 Å². The molecule has 1 N–H and O–H groups in total. The summed E-state index contributed by atoms with van der Waals surface area (Å²) in [6, 6.07) is 0. The van der Waals surface area contributed by atoms with Crippen LogP contribution in [0.15, 0.2) is 0 Å². The average Bonchev–Trinajstić information content (AvgIpc) is 2.34. The number of nitrogens with one attached hydrogen (secondary N) is 1. The van der Waals surface area contributed by atoms with Gasteiger partial charge in [0.1, 0.15) is 0 Å². The summed E-state index contributed by atoms with van der Waals surface area (Å²) in [7, 11) is 0. The molecule has 1 saturated heterocycles. The third kappa shape index (κ3) is 2.61. The topological polar surface area (TPSA) is 12.0 Å². The van der Waals surface area contributed by atoms with Gasteiger partial charge in [0.05, 0.1) is 0 Å². The van der Waals surface area contributed by atoms with Crippen LogP contribution in [0.5, 0.6) is 0 Å². The van der Waals surface area contributed by atoms with Crippen LogP contribution in [0.4, 0.5) is 0 Å². The van der Waals surface area contributed by atoms with Crippen LogP contribution < -0.4 is 5.32 Å². The lowest BCUT2D eigenvalue weighted by molar-refractivity contribution is 0.0816. The molecule has 0 aromatic rings. The summed E-state index contributed by atoms with van der Waals surface area (Å²) in [5.74, 6) is 2.06. The minimum Gasteiger partial charge on any atom is -0.317 e. The van der Waals surface area contributed by atoms with Gasteiger partial charge in [0.25, 0.3) is 0 Å². The molecule has 0 unspecified atom stereocenters. The Labute approximate surface area is 101 Å². The highest BCUT2D eigenvalue weighted by Gasteiger charge is 2.37. The van der Waals surface area contributed by atoms with E-state index in [-0.39, 0.29) is 0 Å². The molecule has 1 heterocycles. The quantitative estimate of drug-likeness (QED) is 0.763. The molecule has 1 aliphatic carbocycles. The summed E-state index contributed by atoms with van der Waals surface area (Å²) in [6.45, 7) is 7.30. The van der Waals surface area contributed by atoms with Gasteiger partial charge in [-0.2, -0.15) is 0 Å². The Bertz CT molecular complexity index is 191. The van der Waals surface area contributed by atoms with Gasteiger partial charge in [-0.3, -0.25) is 0 Å². The Morgan fingerprint density at radius 3 is 2.06 bits per heavy atom. The molecule has 1 nitrogen and oxygen atoms in total. The minimum absolute atomic E-state index is 0.758. The summed E-state index contributed by atoms with van der Waals surface area (Å²) in [5, 5.41) is 3.51. The zero-order valence-electron chi connectivity index (χ0n) is 11.2. The van der Waals surface area contributed by atoms with Gasteiger partial charge < -0.3 is 5.32 Å². The van der Waals surface area contributed by atoms with Crippen molar-refractivity contribution in [2.45, 2.75) is 65.2 Å². The molecular formula is C15H29N. The van der Waals surface area contributed by atoms with Crippen molar-refractivity contribution in [3.05, 3.63) is 0 Å². The lowest BCUT2D eigenvalue weighted by atomic mass is 9.63. The van der Waals surface area contributed by atoms with Crippen molar-refractivity contribution in [2.75, 3.05) is 13.1 Å². The Balaban J connectivity index is 1.85. The maximum absolute atomic E-state index is 3.51. The van der Waals surface area contributed by atoms with Crippen LogP contribution in [-0.4, -0.2) is 13.1 Å². The molecule has 0 amide bonds. The first-order valence-electron chi connectivity index (χ1n) is 7.50. The SMILES string of the molecule is CCC(CC)C1CCC2(CCNCC2)CC1. The van der Waals surface area contributed by atoms with Crippen LogP contribution in [-0.2, 0) is 0 Å². The molecule has 1 heteroatoms. The summed E-state index contributed by atoms with van der Waals surface area (Å²) < 4.78 is 0. The second-order valence-electron chi connectivity index (χ2n) is 6.16. The van der Waals surface area contributed by atoms with E-state index in [0.717, 1.165) is 17.3 Å². The smallest absolute Gasteiger partial charge is 0.00436 e. The van der Waals surface area contributed by atoms with Crippen molar-refractivity contribution in [2.24, 2.45) is 17.3 Å². The van der Waals surface area contributed by atoms with E-state index < -0.39 is 0 Å². The maximum atomic E-state index is 3.51. The van der Waals surface area contributed by atoms with E-state index in [9.17, 15) is 0 Å². The lowest BCUT2D eigenvalue weighted by Crippen LogP contribution is -2.39. The zero-order valence-corrected chi connectivity index (χ0v) is 11.2. The second-order valence-corrected chi connectivity index (χ2v) is 6.16. The van der Waals surface area contributed by atoms with Gasteiger partial charge in [-0.1, -0.05) is 26.7 Å². The van der Waals surface area contributed by atoms with E-state index in [2.05, 4.69) is 19.2 Å². The van der Waals surface area contributed by atoms with Crippen LogP contribution in [0.3, 0.4) is 0 Å². The Hall–Kier alpha value is -0.0400. The average molecular weight is 223 g/mol. The molecule has 0 atom stereocenters. The molecule has 16 heavy (non-hydrogen) atoms. The van der Waals surface area contributed by atoms with Gasteiger partial charge in [0.15, 0.2) is 0 Å². The van der Waals surface area contributed by atoms with Gasteiger partial charge in [-0.15, -0.1) is 0 Å². The summed E-state index contributed by atoms with van der Waals surface area (Å²) in [4.78, 5) is 0. The van der Waals surface area contributed by atoms with Gasteiger partial charge in [0.2, 0.25) is 0 Å². The molecule has 2 aliphatic rings. The molecule has 94 valence electrons. The molecule has 1 saturated carbocycles. The van der Waals surface area contributed by atoms with Crippen LogP contribution in [0.1, 0.15) is 65.2 Å². The molecule has 1 spiro atoms. The van der Waals surface area contributed by atoms with Crippen molar-refractivity contribution in [1.82, 2.24) is 5.32 Å². The molecule has 0 aromatic heterocycles. The fourth-order valence-electron chi connectivity index (χ4n) is 4.14. The zero-order chi connectivity index (χ0) is 11.4. The highest BCUT2D eigenvalue weighted by molar-refractivity contribution is 4.90. The molecule has 2 rings (SSSR count). The highest BCUT2D eigenvalue weighted by Crippen LogP contribution is 2.47. The van der Waals surface area contributed by atoms with Crippen molar-refractivity contribution in [1.29, 1.82) is 0 Å². The number of piperidine rings is 1. The van der Waals surface area contributed by atoms with E-state index in [1.165, 1.54) is 64.5 Å². The van der Waals surface area contributed by atoms with E-state index in [1.807, 2.05) is 0 Å². The van der Waals surface area contributed by atoms with Crippen LogP contribution in [0, 0.1) is 17.3 Å². The molecular weight excluding hydrogens is 194 g/mol. The van der Waals surface area contributed by atoms with Gasteiger partial charge in [0, 0.05) is 0 Å². The first-order valence-corrected chi connectivity index (χ1v) is 7.50. The van der Waals surface area contributed by atoms with Crippen LogP contribution in [0.2, 0.25) is 0 Å². The maximum Gasteiger partial charge on any atom is -0.00436 e. The van der Waals surface area contributed by atoms with Crippen LogP contribution in [0.25, 0.3) is 0 Å². The standard InChI is InChI=1S/C15H29N/c1-3-13(4-2)14-5-7-15(8-6-14)9-11-16-12-10-15/h13-14,16H,3-12H2,1-2H3. The molecule has 0 radical (unpaired) electrons. The third-order valence-corrected chi connectivity index (χ3v) is 5.47. The third-order valence-electron chi connectivity index (χ3n) is 5.47. The van der Waals surface area contributed by atoms with E-state index in [0.29, 0.717) is 0 Å². The first-order chi connectivity index (χ1) is 7.79. The second kappa shape index (κ2) is 5.53. The van der Waals surface area contributed by atoms with Crippen molar-refractivity contribution in [3.8, 4) is 0 Å². The Morgan fingerprint density at radius 1 is 1.00 bits per heavy atom. The van der Waals surface area contributed by atoms with E-state index in [1.54, 1.807) is 0 Å². The summed E-state index contributed by atoms with van der Waals surface area (Å²) in [6.07, 6.45) is 11.8. The van der Waals surface area contributed by atoms with Crippen molar-refractivity contribution >= 4 is 0 Å². The number of rotatable bonds is 3. The fraction of sp³-hybridized carbons (Fsp3) is 1.00. The van der Waals surface area contributed by atoms with Crippen LogP contribution >= 0.6 is 0 Å². The normalized spacial score (nSPS) is 26.4. The monoisotopic (exact) mass is 223 g/mol. The number of hydrogen-bond donors (Lipinski definition) is 1. The number of hydrogen-bond acceptors (Lipinski definition) is 1. The van der Waals surface area contributed by atoms with Gasteiger partial charge >= 0.3 is 0 Å². The first kappa shape index (κ1) is 12.4. The van der Waals surface area contributed by atoms with E-state index >= 15 is 0 Å². The molecule has 0 bridgehead atoms. The van der Waals surface area contributed by atoms with Crippen molar-refractivity contribution in [3.63, 3.8) is 0 Å². The predicted molar refractivity (Wildman–Crippen MR) is 70.6 cm³/mol. The van der Waals surface area contributed by atoms with Crippen molar-refractivity contribution < 1.29 is 0 Å². The lowest BCUT2D eigenvalue weighted by Gasteiger charge is -2.44. The molecule has 0 aromatic carbocycles. The summed E-state index contributed by atoms with van der Waals surface area (Å²) in [5.41, 5.74) is 0.758. The Kier molecular flexibility index (Phi) is 4.29. The molecule has 2 fully saturated rings. The largest absolute Gasteiger partial charge is 0.317 e. The molecule has 1 aliphatic heterocycles. The minimum atomic E-state index is 0.758. The van der Waals surface area contributed by atoms with Gasteiger partial charge in [-0.25, -0.2) is 0 Å². The predicted octanol–water partition coefficient (Wildman–Crippen LogP) is 3.98. The highest BCUT2D eigenvalue weighted by atomic mass is 14.9. The fourth-order valence-corrected chi connectivity index (χ4v) is 4.14. The summed E-state index contributed by atoms with van der Waals surface area (Å²) >= 11 is 0. The van der Waals surface area contributed by atoms with Gasteiger partial charge in [-0.05, 0) is 68.9 Å². The Morgan fingerprint density at radius 2 is 1.56 bits per heavy atom.